The second kappa shape index (κ2) is 11.5. The van der Waals surface area contributed by atoms with Crippen LogP contribution in [0.5, 0.6) is 0 Å². The number of aryl methyl sites for hydroxylation is 1. The third kappa shape index (κ3) is 5.43. The van der Waals surface area contributed by atoms with E-state index < -0.39 is 0 Å². The normalized spacial score (nSPS) is 16.6. The maximum Gasteiger partial charge on any atom is 0.226 e. The van der Waals surface area contributed by atoms with Gasteiger partial charge in [0.05, 0.1) is 17.8 Å². The Kier molecular flexibility index (Phi) is 7.48. The zero-order valence-electron chi connectivity index (χ0n) is 23.1. The molecular weight excluding hydrogens is 528 g/mol. The second-order valence-electron chi connectivity index (χ2n) is 10.4. The molecule has 1 fully saturated rings. The topological polar surface area (TPSA) is 75.1 Å². The van der Waals surface area contributed by atoms with E-state index in [0.29, 0.717) is 18.1 Å². The molecule has 4 heterocycles. The van der Waals surface area contributed by atoms with Crippen LogP contribution < -0.4 is 10.6 Å². The number of nitrogens with zero attached hydrogens (tertiary/aromatic N) is 4. The van der Waals surface area contributed by atoms with Crippen LogP contribution >= 0.6 is 12.2 Å². The van der Waals surface area contributed by atoms with Gasteiger partial charge in [-0.15, -0.1) is 0 Å². The summed E-state index contributed by atoms with van der Waals surface area (Å²) < 4.78 is 2.31. The Labute approximate surface area is 245 Å². The van der Waals surface area contributed by atoms with Gasteiger partial charge in [-0.3, -0.25) is 14.8 Å². The zero-order chi connectivity index (χ0) is 28.3. The molecule has 1 saturated heterocycles. The lowest BCUT2D eigenvalue weighted by Crippen LogP contribution is -2.33. The minimum atomic E-state index is -0.142. The van der Waals surface area contributed by atoms with Gasteiger partial charge >= 0.3 is 0 Å². The summed E-state index contributed by atoms with van der Waals surface area (Å²) in [6, 6.07) is 26.0. The smallest absolute Gasteiger partial charge is 0.226 e. The number of rotatable bonds is 8. The van der Waals surface area contributed by atoms with E-state index in [0.717, 1.165) is 45.6 Å². The molecule has 2 atom stereocenters. The summed E-state index contributed by atoms with van der Waals surface area (Å²) in [5.41, 5.74) is 6.37. The lowest BCUT2D eigenvalue weighted by molar-refractivity contribution is -0.116. The zero-order valence-corrected chi connectivity index (χ0v) is 23.9. The Morgan fingerprint density at radius 1 is 1.00 bits per heavy atom. The number of benzene rings is 2. The molecule has 41 heavy (non-hydrogen) atoms. The van der Waals surface area contributed by atoms with E-state index in [9.17, 15) is 4.79 Å². The van der Waals surface area contributed by atoms with Crippen molar-refractivity contribution in [3.05, 3.63) is 126 Å². The standard InChI is InChI=1S/C33H32N6OS/c1-22-19-27(23(2)39(22)21-24-9-8-16-34-20-24)32-31(29-13-5-6-17-35-29)37-33(41)38(32)18-15-30(40)36-28-14-7-11-25-10-3-4-12-26(25)28/h3-14,16-17,19-20,31-32H,15,18,21H2,1-2H3,(H,36,40)(H,37,41)/t31-,32-/m1/s1. The van der Waals surface area contributed by atoms with Crippen molar-refractivity contribution in [1.82, 2.24) is 24.8 Å². The van der Waals surface area contributed by atoms with E-state index in [1.165, 1.54) is 5.56 Å². The third-order valence-corrected chi connectivity index (χ3v) is 8.19. The fourth-order valence-corrected chi connectivity index (χ4v) is 6.13. The number of carbonyl (C=O) groups is 1. The molecule has 1 aliphatic rings. The quantitative estimate of drug-likeness (QED) is 0.224. The summed E-state index contributed by atoms with van der Waals surface area (Å²) in [6.07, 6.45) is 5.80. The third-order valence-electron chi connectivity index (χ3n) is 7.84. The average Bonchev–Trinajstić information content (AvgIpc) is 3.47. The van der Waals surface area contributed by atoms with Crippen LogP contribution in [0.3, 0.4) is 0 Å². The summed E-state index contributed by atoms with van der Waals surface area (Å²) in [4.78, 5) is 24.3. The molecule has 2 aromatic carbocycles. The summed E-state index contributed by atoms with van der Waals surface area (Å²) in [5, 5.41) is 9.38. The molecule has 0 spiro atoms. The van der Waals surface area contributed by atoms with Crippen LogP contribution in [-0.4, -0.2) is 37.0 Å². The Morgan fingerprint density at radius 2 is 1.83 bits per heavy atom. The molecule has 7 nitrogen and oxygen atoms in total. The predicted octanol–water partition coefficient (Wildman–Crippen LogP) is 6.10. The molecular formula is C33H32N6OS. The van der Waals surface area contributed by atoms with Gasteiger partial charge in [0.25, 0.3) is 0 Å². The fourth-order valence-electron chi connectivity index (χ4n) is 5.80. The highest BCUT2D eigenvalue weighted by atomic mass is 32.1. The van der Waals surface area contributed by atoms with E-state index >= 15 is 0 Å². The van der Waals surface area contributed by atoms with Crippen molar-refractivity contribution in [2.24, 2.45) is 0 Å². The number of hydrogen-bond acceptors (Lipinski definition) is 4. The lowest BCUT2D eigenvalue weighted by Gasteiger charge is -2.28. The van der Waals surface area contributed by atoms with Crippen molar-refractivity contribution in [3.63, 3.8) is 0 Å². The number of thiocarbonyl (C=S) groups is 1. The molecule has 0 unspecified atom stereocenters. The van der Waals surface area contributed by atoms with Crippen molar-refractivity contribution >= 4 is 39.7 Å². The number of nitrogens with one attached hydrogen (secondary N) is 2. The van der Waals surface area contributed by atoms with Crippen molar-refractivity contribution in [3.8, 4) is 0 Å². The van der Waals surface area contributed by atoms with E-state index in [1.54, 1.807) is 6.20 Å². The number of carbonyl (C=O) groups excluding carboxylic acids is 1. The Bertz CT molecular complexity index is 1700. The average molecular weight is 561 g/mol. The molecule has 8 heteroatoms. The second-order valence-corrected chi connectivity index (χ2v) is 10.8. The summed E-state index contributed by atoms with van der Waals surface area (Å²) >= 11 is 5.87. The van der Waals surface area contributed by atoms with Crippen molar-refractivity contribution in [2.75, 3.05) is 11.9 Å². The van der Waals surface area contributed by atoms with Crippen molar-refractivity contribution in [2.45, 2.75) is 38.9 Å². The number of amides is 1. The molecule has 0 saturated carbocycles. The van der Waals surface area contributed by atoms with E-state index in [4.69, 9.17) is 12.2 Å². The SMILES string of the molecule is Cc1cc([C@@H]2[C@@H](c3ccccn3)NC(=S)N2CCC(=O)Nc2cccc3ccccc23)c(C)n1Cc1cccnc1. The minimum Gasteiger partial charge on any atom is -0.352 e. The number of anilines is 1. The van der Waals surface area contributed by atoms with Gasteiger partial charge in [0.2, 0.25) is 5.91 Å². The van der Waals surface area contributed by atoms with Gasteiger partial charge < -0.3 is 20.1 Å². The van der Waals surface area contributed by atoms with Gasteiger partial charge in [0.1, 0.15) is 0 Å². The number of pyridine rings is 2. The highest BCUT2D eigenvalue weighted by Crippen LogP contribution is 2.41. The Hall–Kier alpha value is -4.56. The predicted molar refractivity (Wildman–Crippen MR) is 167 cm³/mol. The van der Waals surface area contributed by atoms with Crippen LogP contribution in [-0.2, 0) is 11.3 Å². The Morgan fingerprint density at radius 3 is 2.63 bits per heavy atom. The van der Waals surface area contributed by atoms with Crippen LogP contribution in [0.15, 0.2) is 97.5 Å². The molecule has 1 amide bonds. The van der Waals surface area contributed by atoms with Gasteiger partial charge in [-0.2, -0.15) is 0 Å². The van der Waals surface area contributed by atoms with E-state index in [1.807, 2.05) is 79.1 Å². The first-order chi connectivity index (χ1) is 20.0. The molecule has 206 valence electrons. The van der Waals surface area contributed by atoms with Crippen LogP contribution in [0.4, 0.5) is 5.69 Å². The summed E-state index contributed by atoms with van der Waals surface area (Å²) in [5.74, 6) is -0.0498. The molecule has 1 aliphatic heterocycles. The molecule has 6 rings (SSSR count). The van der Waals surface area contributed by atoms with Crippen molar-refractivity contribution in [1.29, 1.82) is 0 Å². The van der Waals surface area contributed by atoms with Gasteiger partial charge in [0, 0.05) is 60.6 Å². The summed E-state index contributed by atoms with van der Waals surface area (Å²) in [7, 11) is 0. The summed E-state index contributed by atoms with van der Waals surface area (Å²) in [6.45, 7) is 5.49. The molecule has 0 radical (unpaired) electrons. The first-order valence-electron chi connectivity index (χ1n) is 13.8. The largest absolute Gasteiger partial charge is 0.352 e. The molecule has 0 bridgehead atoms. The van der Waals surface area contributed by atoms with E-state index in [2.05, 4.69) is 56.0 Å². The van der Waals surface area contributed by atoms with Crippen LogP contribution in [0.1, 0.15) is 46.7 Å². The highest BCUT2D eigenvalue weighted by molar-refractivity contribution is 7.80. The van der Waals surface area contributed by atoms with Gasteiger partial charge in [0.15, 0.2) is 5.11 Å². The van der Waals surface area contributed by atoms with Crippen LogP contribution in [0.2, 0.25) is 0 Å². The van der Waals surface area contributed by atoms with Gasteiger partial charge in [-0.05, 0) is 72.9 Å². The van der Waals surface area contributed by atoms with Crippen LogP contribution in [0.25, 0.3) is 10.8 Å². The molecule has 0 aliphatic carbocycles. The monoisotopic (exact) mass is 560 g/mol. The fraction of sp³-hybridized carbons (Fsp3) is 0.212. The molecule has 5 aromatic rings. The lowest BCUT2D eigenvalue weighted by atomic mass is 9.96. The Balaban J connectivity index is 1.28. The maximum absolute atomic E-state index is 13.2. The highest BCUT2D eigenvalue weighted by Gasteiger charge is 2.41. The number of aromatic nitrogens is 3. The van der Waals surface area contributed by atoms with E-state index in [-0.39, 0.29) is 18.0 Å². The maximum atomic E-state index is 13.2. The molecule has 2 N–H and O–H groups in total. The van der Waals surface area contributed by atoms with Gasteiger partial charge in [-0.1, -0.05) is 48.5 Å². The number of fused-ring (bicyclic) bond motifs is 1. The minimum absolute atomic E-state index is 0.0498. The first-order valence-corrected chi connectivity index (χ1v) is 14.2. The van der Waals surface area contributed by atoms with Crippen LogP contribution in [0, 0.1) is 13.8 Å². The number of hydrogen-bond donors (Lipinski definition) is 2. The molecule has 3 aromatic heterocycles. The first kappa shape index (κ1) is 26.7. The van der Waals surface area contributed by atoms with Gasteiger partial charge in [-0.25, -0.2) is 0 Å². The van der Waals surface area contributed by atoms with Crippen molar-refractivity contribution < 1.29 is 4.79 Å².